The Kier molecular flexibility index (Phi) is 6.00. The molecule has 2 aliphatic heterocycles. The first-order valence-electron chi connectivity index (χ1n) is 11.7. The molecule has 1 unspecified atom stereocenters. The topological polar surface area (TPSA) is 74.2 Å². The second-order valence-electron chi connectivity index (χ2n) is 9.46. The van der Waals surface area contributed by atoms with Gasteiger partial charge < -0.3 is 15.1 Å². The largest absolute Gasteiger partial charge is 0.416 e. The number of nitrogens with zero attached hydrogens (tertiary/aromatic N) is 5. The lowest BCUT2D eigenvalue weighted by atomic mass is 9.84. The van der Waals surface area contributed by atoms with Crippen molar-refractivity contribution in [1.82, 2.24) is 19.9 Å². The van der Waals surface area contributed by atoms with E-state index >= 15 is 0 Å². The van der Waals surface area contributed by atoms with Crippen molar-refractivity contribution in [2.24, 2.45) is 5.92 Å². The summed E-state index contributed by atoms with van der Waals surface area (Å²) < 4.78 is 67.1. The molecule has 1 saturated carbocycles. The zero-order valence-electron chi connectivity index (χ0n) is 18.9. The van der Waals surface area contributed by atoms with E-state index in [4.69, 9.17) is 0 Å². The molecule has 2 aromatic heterocycles. The van der Waals surface area contributed by atoms with Crippen LogP contribution in [-0.2, 0) is 11.0 Å². The molecule has 0 aromatic carbocycles. The Morgan fingerprint density at radius 2 is 1.89 bits per heavy atom. The number of nitrogens with one attached hydrogen (secondary N) is 1. The fraction of sp³-hybridized carbons (Fsp3) is 0.565. The first-order chi connectivity index (χ1) is 16.6. The van der Waals surface area contributed by atoms with Gasteiger partial charge in [-0.15, -0.1) is 0 Å². The Morgan fingerprint density at radius 1 is 1.09 bits per heavy atom. The monoisotopic (exact) mass is 496 g/mol. The summed E-state index contributed by atoms with van der Waals surface area (Å²) in [6, 6.07) is 3.32. The van der Waals surface area contributed by atoms with Crippen LogP contribution in [0.25, 0.3) is 0 Å². The molecule has 1 amide bonds. The summed E-state index contributed by atoms with van der Waals surface area (Å²) in [5, 5.41) is 2.78. The SMILES string of the molecule is O=C(C1CCC1)N1CCC(c2cc(Nc3cc(C(F)(F)F)ccn3)nc(N3CCC(F)(F)C3)n2)C1. The van der Waals surface area contributed by atoms with Crippen LogP contribution in [0.15, 0.2) is 24.4 Å². The van der Waals surface area contributed by atoms with Crippen LogP contribution in [0, 0.1) is 5.92 Å². The number of amides is 1. The number of anilines is 3. The maximum Gasteiger partial charge on any atom is 0.416 e. The molecule has 3 aliphatic rings. The summed E-state index contributed by atoms with van der Waals surface area (Å²) >= 11 is 0. The van der Waals surface area contributed by atoms with Crippen molar-refractivity contribution in [3.63, 3.8) is 0 Å². The highest BCUT2D eigenvalue weighted by atomic mass is 19.4. The van der Waals surface area contributed by atoms with Crippen molar-refractivity contribution in [2.45, 2.75) is 50.1 Å². The van der Waals surface area contributed by atoms with Gasteiger partial charge in [-0.3, -0.25) is 4.79 Å². The van der Waals surface area contributed by atoms with E-state index in [1.807, 2.05) is 4.90 Å². The van der Waals surface area contributed by atoms with Gasteiger partial charge in [0.15, 0.2) is 0 Å². The second kappa shape index (κ2) is 8.87. The quantitative estimate of drug-likeness (QED) is 0.611. The van der Waals surface area contributed by atoms with Gasteiger partial charge in [0, 0.05) is 50.2 Å². The predicted octanol–water partition coefficient (Wildman–Crippen LogP) is 4.60. The average Bonchev–Trinajstić information content (AvgIpc) is 3.39. The van der Waals surface area contributed by atoms with Crippen molar-refractivity contribution in [1.29, 1.82) is 0 Å². The average molecular weight is 496 g/mol. The molecular formula is C23H25F5N6O. The molecule has 7 nitrogen and oxygen atoms in total. The van der Waals surface area contributed by atoms with E-state index in [2.05, 4.69) is 20.3 Å². The third-order valence-corrected chi connectivity index (χ3v) is 6.90. The van der Waals surface area contributed by atoms with E-state index < -0.39 is 24.2 Å². The number of carbonyl (C=O) groups excluding carboxylic acids is 1. The number of likely N-dealkylation sites (tertiary alicyclic amines) is 1. The van der Waals surface area contributed by atoms with Crippen molar-refractivity contribution >= 4 is 23.5 Å². The van der Waals surface area contributed by atoms with Crippen LogP contribution in [0.5, 0.6) is 0 Å². The number of pyridine rings is 1. The van der Waals surface area contributed by atoms with E-state index in [0.29, 0.717) is 25.2 Å². The molecule has 0 spiro atoms. The number of hydrogen-bond acceptors (Lipinski definition) is 6. The van der Waals surface area contributed by atoms with Crippen LogP contribution >= 0.6 is 0 Å². The molecule has 0 radical (unpaired) electrons. The molecule has 0 bridgehead atoms. The van der Waals surface area contributed by atoms with Crippen LogP contribution < -0.4 is 10.2 Å². The van der Waals surface area contributed by atoms with Crippen molar-refractivity contribution < 1.29 is 26.7 Å². The van der Waals surface area contributed by atoms with Gasteiger partial charge in [-0.2, -0.15) is 18.2 Å². The lowest BCUT2D eigenvalue weighted by Gasteiger charge is -2.29. The molecule has 35 heavy (non-hydrogen) atoms. The smallest absolute Gasteiger partial charge is 0.342 e. The van der Waals surface area contributed by atoms with Gasteiger partial charge >= 0.3 is 6.18 Å². The molecule has 4 heterocycles. The Balaban J connectivity index is 1.41. The number of hydrogen-bond donors (Lipinski definition) is 1. The van der Waals surface area contributed by atoms with Gasteiger partial charge in [-0.05, 0) is 31.4 Å². The first kappa shape index (κ1) is 23.7. The zero-order valence-corrected chi connectivity index (χ0v) is 18.9. The number of halogens is 5. The minimum absolute atomic E-state index is 0.0641. The normalized spacial score (nSPS) is 22.4. The summed E-state index contributed by atoms with van der Waals surface area (Å²) in [5.41, 5.74) is -0.312. The van der Waals surface area contributed by atoms with Crippen LogP contribution in [0.2, 0.25) is 0 Å². The summed E-state index contributed by atoms with van der Waals surface area (Å²) in [6.07, 6.45) is -0.309. The molecule has 1 atom stereocenters. The molecular weight excluding hydrogens is 471 g/mol. The minimum Gasteiger partial charge on any atom is -0.342 e. The molecule has 2 aromatic rings. The maximum absolute atomic E-state index is 13.9. The van der Waals surface area contributed by atoms with Crippen LogP contribution in [0.4, 0.5) is 39.5 Å². The van der Waals surface area contributed by atoms with Gasteiger partial charge in [-0.1, -0.05) is 6.42 Å². The summed E-state index contributed by atoms with van der Waals surface area (Å²) in [4.78, 5) is 28.6. The molecule has 1 N–H and O–H groups in total. The third-order valence-electron chi connectivity index (χ3n) is 6.90. The van der Waals surface area contributed by atoms with E-state index in [9.17, 15) is 26.7 Å². The molecule has 3 fully saturated rings. The maximum atomic E-state index is 13.9. The van der Waals surface area contributed by atoms with E-state index in [0.717, 1.165) is 37.6 Å². The summed E-state index contributed by atoms with van der Waals surface area (Å²) in [6.45, 7) is 0.575. The van der Waals surface area contributed by atoms with Crippen LogP contribution in [-0.4, -0.2) is 57.9 Å². The Hall–Kier alpha value is -3.05. The fourth-order valence-corrected chi connectivity index (χ4v) is 4.70. The predicted molar refractivity (Wildman–Crippen MR) is 118 cm³/mol. The van der Waals surface area contributed by atoms with E-state index in [-0.39, 0.29) is 48.3 Å². The van der Waals surface area contributed by atoms with E-state index in [1.54, 1.807) is 6.07 Å². The molecule has 188 valence electrons. The summed E-state index contributed by atoms with van der Waals surface area (Å²) in [7, 11) is 0. The van der Waals surface area contributed by atoms with Gasteiger partial charge in [0.05, 0.1) is 17.8 Å². The van der Waals surface area contributed by atoms with Gasteiger partial charge in [-0.25, -0.2) is 18.7 Å². The first-order valence-corrected chi connectivity index (χ1v) is 11.7. The minimum atomic E-state index is -4.54. The zero-order chi connectivity index (χ0) is 24.8. The van der Waals surface area contributed by atoms with Gasteiger partial charge in [0.25, 0.3) is 5.92 Å². The Labute approximate surface area is 198 Å². The summed E-state index contributed by atoms with van der Waals surface area (Å²) in [5.74, 6) is -2.61. The fourth-order valence-electron chi connectivity index (χ4n) is 4.70. The Morgan fingerprint density at radius 3 is 2.54 bits per heavy atom. The number of aromatic nitrogens is 3. The molecule has 1 aliphatic carbocycles. The number of alkyl halides is 5. The highest BCUT2D eigenvalue weighted by molar-refractivity contribution is 5.80. The van der Waals surface area contributed by atoms with E-state index in [1.165, 1.54) is 4.90 Å². The molecule has 2 saturated heterocycles. The lowest BCUT2D eigenvalue weighted by molar-refractivity contribution is -0.138. The lowest BCUT2D eigenvalue weighted by Crippen LogP contribution is -2.37. The highest BCUT2D eigenvalue weighted by Gasteiger charge is 2.40. The van der Waals surface area contributed by atoms with Crippen molar-refractivity contribution in [3.05, 3.63) is 35.7 Å². The number of carbonyl (C=O) groups is 1. The van der Waals surface area contributed by atoms with Crippen molar-refractivity contribution in [3.8, 4) is 0 Å². The van der Waals surface area contributed by atoms with Crippen LogP contribution in [0.3, 0.4) is 0 Å². The number of rotatable bonds is 5. The second-order valence-corrected chi connectivity index (χ2v) is 9.46. The molecule has 5 rings (SSSR count). The Bertz CT molecular complexity index is 1110. The van der Waals surface area contributed by atoms with Crippen molar-refractivity contribution in [2.75, 3.05) is 36.4 Å². The van der Waals surface area contributed by atoms with Gasteiger partial charge in [0.2, 0.25) is 11.9 Å². The molecule has 12 heteroatoms. The van der Waals surface area contributed by atoms with Crippen LogP contribution in [0.1, 0.15) is 49.3 Å². The van der Waals surface area contributed by atoms with Gasteiger partial charge in [0.1, 0.15) is 11.6 Å². The highest BCUT2D eigenvalue weighted by Crippen LogP contribution is 2.36. The standard InChI is InChI=1S/C23H25F5N6O/c24-22(25)6-9-34(13-22)21-30-17(15-5-8-33(12-15)20(35)14-2-1-3-14)11-19(32-21)31-18-10-16(4-7-29-18)23(26,27)28/h4,7,10-11,14-15H,1-3,5-6,8-9,12-13H2,(H,29,30,31,32). The third kappa shape index (κ3) is 5.15.